The zero-order valence-corrected chi connectivity index (χ0v) is 11.7. The minimum atomic E-state index is 0.550. The molecule has 0 aliphatic rings. The third kappa shape index (κ3) is 3.22. The zero-order chi connectivity index (χ0) is 13.8. The number of nitrogen functional groups attached to an aromatic ring is 1. The second-order valence-corrected chi connectivity index (χ2v) is 4.74. The molecule has 0 amide bonds. The highest BCUT2D eigenvalue weighted by atomic mass is 15.1. The van der Waals surface area contributed by atoms with Crippen LogP contribution >= 0.6 is 0 Å². The molecule has 0 atom stereocenters. The summed E-state index contributed by atoms with van der Waals surface area (Å²) in [7, 11) is 0. The second kappa shape index (κ2) is 5.69. The van der Waals surface area contributed by atoms with Crippen LogP contribution in [0.5, 0.6) is 0 Å². The number of nitrogens with zero attached hydrogens (tertiary/aromatic N) is 2. The molecule has 19 heavy (non-hydrogen) atoms. The van der Waals surface area contributed by atoms with Crippen molar-refractivity contribution in [3.8, 4) is 0 Å². The molecule has 1 aromatic heterocycles. The van der Waals surface area contributed by atoms with Gasteiger partial charge in [0.1, 0.15) is 17.5 Å². The lowest BCUT2D eigenvalue weighted by molar-refractivity contribution is 0.836. The van der Waals surface area contributed by atoms with Gasteiger partial charge in [-0.2, -0.15) is 0 Å². The molecule has 0 saturated heterocycles. The Hall–Kier alpha value is -2.10. The van der Waals surface area contributed by atoms with Crippen molar-refractivity contribution in [2.45, 2.75) is 33.6 Å². The first-order chi connectivity index (χ1) is 9.10. The minimum absolute atomic E-state index is 0.550. The van der Waals surface area contributed by atoms with Crippen LogP contribution in [-0.2, 0) is 6.42 Å². The first-order valence-corrected chi connectivity index (χ1v) is 6.57. The average molecular weight is 256 g/mol. The molecule has 3 N–H and O–H groups in total. The fourth-order valence-corrected chi connectivity index (χ4v) is 1.90. The van der Waals surface area contributed by atoms with Gasteiger partial charge in [0.25, 0.3) is 0 Å². The number of hydrogen-bond donors (Lipinski definition) is 2. The highest BCUT2D eigenvalue weighted by molar-refractivity contribution is 5.64. The van der Waals surface area contributed by atoms with E-state index in [4.69, 9.17) is 5.73 Å². The van der Waals surface area contributed by atoms with E-state index in [2.05, 4.69) is 41.3 Å². The van der Waals surface area contributed by atoms with Gasteiger partial charge in [-0.05, 0) is 38.0 Å². The highest BCUT2D eigenvalue weighted by Crippen LogP contribution is 2.22. The number of nitrogens with one attached hydrogen (secondary N) is 1. The SMILES string of the molecule is CCCc1nc(N)c(C)c(Nc2cccc(C)c2)n1. The van der Waals surface area contributed by atoms with Crippen LogP contribution in [0, 0.1) is 13.8 Å². The third-order valence-corrected chi connectivity index (χ3v) is 2.98. The predicted molar refractivity (Wildman–Crippen MR) is 79.6 cm³/mol. The molecular weight excluding hydrogens is 236 g/mol. The molecule has 4 nitrogen and oxygen atoms in total. The van der Waals surface area contributed by atoms with Crippen molar-refractivity contribution >= 4 is 17.3 Å². The molecule has 0 radical (unpaired) electrons. The molecule has 4 heteroatoms. The maximum Gasteiger partial charge on any atom is 0.139 e. The Morgan fingerprint density at radius 2 is 2.00 bits per heavy atom. The Balaban J connectivity index is 2.33. The molecule has 0 saturated carbocycles. The van der Waals surface area contributed by atoms with Gasteiger partial charge in [-0.1, -0.05) is 19.1 Å². The van der Waals surface area contributed by atoms with E-state index in [1.54, 1.807) is 0 Å². The van der Waals surface area contributed by atoms with Crippen LogP contribution in [0.15, 0.2) is 24.3 Å². The van der Waals surface area contributed by atoms with E-state index in [-0.39, 0.29) is 0 Å². The minimum Gasteiger partial charge on any atom is -0.383 e. The Kier molecular flexibility index (Phi) is 4.00. The Morgan fingerprint density at radius 3 is 2.68 bits per heavy atom. The van der Waals surface area contributed by atoms with Gasteiger partial charge in [0.15, 0.2) is 0 Å². The summed E-state index contributed by atoms with van der Waals surface area (Å²) in [5.41, 5.74) is 9.06. The zero-order valence-electron chi connectivity index (χ0n) is 11.7. The number of anilines is 3. The summed E-state index contributed by atoms with van der Waals surface area (Å²) in [5, 5.41) is 3.32. The fourth-order valence-electron chi connectivity index (χ4n) is 1.90. The summed E-state index contributed by atoms with van der Waals surface area (Å²) in [6.07, 6.45) is 1.85. The van der Waals surface area contributed by atoms with Crippen LogP contribution < -0.4 is 11.1 Å². The molecule has 2 rings (SSSR count). The van der Waals surface area contributed by atoms with E-state index >= 15 is 0 Å². The maximum absolute atomic E-state index is 5.94. The van der Waals surface area contributed by atoms with Crippen LogP contribution in [0.1, 0.15) is 30.3 Å². The Bertz CT molecular complexity index is 578. The van der Waals surface area contributed by atoms with Gasteiger partial charge in [-0.25, -0.2) is 9.97 Å². The van der Waals surface area contributed by atoms with Crippen molar-refractivity contribution in [2.24, 2.45) is 0 Å². The third-order valence-electron chi connectivity index (χ3n) is 2.98. The molecule has 2 aromatic rings. The largest absolute Gasteiger partial charge is 0.383 e. The van der Waals surface area contributed by atoms with Gasteiger partial charge < -0.3 is 11.1 Å². The highest BCUT2D eigenvalue weighted by Gasteiger charge is 2.08. The van der Waals surface area contributed by atoms with Crippen molar-refractivity contribution in [3.05, 3.63) is 41.2 Å². The number of nitrogens with two attached hydrogens (primary N) is 1. The topological polar surface area (TPSA) is 63.8 Å². The van der Waals surface area contributed by atoms with Crippen molar-refractivity contribution in [1.29, 1.82) is 0 Å². The average Bonchev–Trinajstić information content (AvgIpc) is 2.36. The monoisotopic (exact) mass is 256 g/mol. The molecule has 0 bridgehead atoms. The molecule has 1 aromatic carbocycles. The molecule has 0 aliphatic carbocycles. The molecule has 1 heterocycles. The maximum atomic E-state index is 5.94. The summed E-state index contributed by atoms with van der Waals surface area (Å²) in [6.45, 7) is 6.10. The predicted octanol–water partition coefficient (Wildman–Crippen LogP) is 3.37. The van der Waals surface area contributed by atoms with Gasteiger partial charge in [-0.3, -0.25) is 0 Å². The smallest absolute Gasteiger partial charge is 0.139 e. The van der Waals surface area contributed by atoms with Crippen LogP contribution in [-0.4, -0.2) is 9.97 Å². The number of benzene rings is 1. The van der Waals surface area contributed by atoms with E-state index in [9.17, 15) is 0 Å². The summed E-state index contributed by atoms with van der Waals surface area (Å²) in [6, 6.07) is 8.18. The van der Waals surface area contributed by atoms with Gasteiger partial charge in [0, 0.05) is 17.7 Å². The number of aryl methyl sites for hydroxylation is 2. The summed E-state index contributed by atoms with van der Waals surface area (Å²) in [5.74, 6) is 2.14. The van der Waals surface area contributed by atoms with Crippen LogP contribution in [0.25, 0.3) is 0 Å². The lowest BCUT2D eigenvalue weighted by Gasteiger charge is -2.12. The van der Waals surface area contributed by atoms with Crippen molar-refractivity contribution in [1.82, 2.24) is 9.97 Å². The van der Waals surface area contributed by atoms with E-state index in [0.29, 0.717) is 5.82 Å². The number of rotatable bonds is 4. The normalized spacial score (nSPS) is 10.5. The lowest BCUT2D eigenvalue weighted by atomic mass is 10.2. The van der Waals surface area contributed by atoms with Gasteiger partial charge in [-0.15, -0.1) is 0 Å². The van der Waals surface area contributed by atoms with Crippen molar-refractivity contribution in [3.63, 3.8) is 0 Å². The number of aromatic nitrogens is 2. The van der Waals surface area contributed by atoms with Gasteiger partial charge in [0.2, 0.25) is 0 Å². The summed E-state index contributed by atoms with van der Waals surface area (Å²) >= 11 is 0. The standard InChI is InChI=1S/C15H20N4/c1-4-6-13-18-14(16)11(3)15(19-13)17-12-8-5-7-10(2)9-12/h5,7-9H,4,6H2,1-3H3,(H3,16,17,18,19). The van der Waals surface area contributed by atoms with Crippen LogP contribution in [0.3, 0.4) is 0 Å². The summed E-state index contributed by atoms with van der Waals surface area (Å²) in [4.78, 5) is 8.85. The van der Waals surface area contributed by atoms with Gasteiger partial charge >= 0.3 is 0 Å². The molecule has 0 spiro atoms. The fraction of sp³-hybridized carbons (Fsp3) is 0.333. The number of hydrogen-bond acceptors (Lipinski definition) is 4. The first-order valence-electron chi connectivity index (χ1n) is 6.57. The Labute approximate surface area is 114 Å². The van der Waals surface area contributed by atoms with E-state index in [1.165, 1.54) is 5.56 Å². The van der Waals surface area contributed by atoms with E-state index in [1.807, 2.05) is 19.1 Å². The van der Waals surface area contributed by atoms with Crippen molar-refractivity contribution in [2.75, 3.05) is 11.1 Å². The Morgan fingerprint density at radius 1 is 1.21 bits per heavy atom. The van der Waals surface area contributed by atoms with E-state index < -0.39 is 0 Å². The van der Waals surface area contributed by atoms with Crippen LogP contribution in [0.2, 0.25) is 0 Å². The second-order valence-electron chi connectivity index (χ2n) is 4.74. The quantitative estimate of drug-likeness (QED) is 0.880. The molecular formula is C15H20N4. The van der Waals surface area contributed by atoms with Crippen molar-refractivity contribution < 1.29 is 0 Å². The molecule has 100 valence electrons. The van der Waals surface area contributed by atoms with E-state index in [0.717, 1.165) is 35.7 Å². The molecule has 0 unspecified atom stereocenters. The summed E-state index contributed by atoms with van der Waals surface area (Å²) < 4.78 is 0. The lowest BCUT2D eigenvalue weighted by Crippen LogP contribution is -2.07. The molecule has 0 fully saturated rings. The van der Waals surface area contributed by atoms with Crippen LogP contribution in [0.4, 0.5) is 17.3 Å². The molecule has 0 aliphatic heterocycles. The first kappa shape index (κ1) is 13.3. The van der Waals surface area contributed by atoms with Gasteiger partial charge in [0.05, 0.1) is 0 Å².